The summed E-state index contributed by atoms with van der Waals surface area (Å²) in [7, 11) is 4.82. The SMILES string of the molecule is Cn1cnnc1CNc1nc2c([nH]1)c(=O)n(C)c(=O)n2C. The molecule has 3 aromatic rings. The van der Waals surface area contributed by atoms with Gasteiger partial charge in [-0.05, 0) is 0 Å². The van der Waals surface area contributed by atoms with Crippen molar-refractivity contribution in [3.63, 3.8) is 0 Å². The maximum absolute atomic E-state index is 12.0. The summed E-state index contributed by atoms with van der Waals surface area (Å²) in [5, 5.41) is 10.7. The summed E-state index contributed by atoms with van der Waals surface area (Å²) >= 11 is 0. The molecule has 0 spiro atoms. The van der Waals surface area contributed by atoms with Gasteiger partial charge in [0.15, 0.2) is 17.0 Å². The Kier molecular flexibility index (Phi) is 2.85. The highest BCUT2D eigenvalue weighted by Gasteiger charge is 2.13. The molecular weight excluding hydrogens is 276 g/mol. The molecule has 0 aliphatic heterocycles. The van der Waals surface area contributed by atoms with Crippen LogP contribution in [0.5, 0.6) is 0 Å². The minimum Gasteiger partial charge on any atom is -0.348 e. The van der Waals surface area contributed by atoms with Crippen LogP contribution in [-0.2, 0) is 27.7 Å². The Morgan fingerprint density at radius 2 is 2.00 bits per heavy atom. The van der Waals surface area contributed by atoms with Gasteiger partial charge in [0.25, 0.3) is 5.56 Å². The van der Waals surface area contributed by atoms with Crippen LogP contribution in [0.3, 0.4) is 0 Å². The number of rotatable bonds is 3. The highest BCUT2D eigenvalue weighted by molar-refractivity contribution is 5.72. The molecule has 21 heavy (non-hydrogen) atoms. The fourth-order valence-electron chi connectivity index (χ4n) is 2.04. The lowest BCUT2D eigenvalue weighted by atomic mass is 10.5. The molecular formula is C11H14N8O2. The van der Waals surface area contributed by atoms with Gasteiger partial charge >= 0.3 is 5.69 Å². The monoisotopic (exact) mass is 290 g/mol. The molecule has 0 fully saturated rings. The predicted molar refractivity (Wildman–Crippen MR) is 74.9 cm³/mol. The zero-order valence-corrected chi connectivity index (χ0v) is 11.8. The van der Waals surface area contributed by atoms with E-state index in [2.05, 4.69) is 25.5 Å². The Labute approximate surface area is 118 Å². The Morgan fingerprint density at radius 3 is 2.67 bits per heavy atom. The first kappa shape index (κ1) is 13.1. The second-order valence-corrected chi connectivity index (χ2v) is 4.70. The van der Waals surface area contributed by atoms with Crippen molar-refractivity contribution in [1.82, 2.24) is 33.9 Å². The van der Waals surface area contributed by atoms with Crippen LogP contribution in [0.25, 0.3) is 11.2 Å². The van der Waals surface area contributed by atoms with Crippen LogP contribution >= 0.6 is 0 Å². The number of aromatic nitrogens is 7. The number of fused-ring (bicyclic) bond motifs is 1. The Hall–Kier alpha value is -2.91. The zero-order chi connectivity index (χ0) is 15.1. The fraction of sp³-hybridized carbons (Fsp3) is 0.364. The average Bonchev–Trinajstić information content (AvgIpc) is 3.07. The van der Waals surface area contributed by atoms with Gasteiger partial charge in [-0.1, -0.05) is 0 Å². The van der Waals surface area contributed by atoms with Crippen LogP contribution in [-0.4, -0.2) is 33.9 Å². The van der Waals surface area contributed by atoms with E-state index in [-0.39, 0.29) is 5.52 Å². The van der Waals surface area contributed by atoms with E-state index < -0.39 is 11.2 Å². The first-order chi connectivity index (χ1) is 9.99. The van der Waals surface area contributed by atoms with Crippen LogP contribution in [0.2, 0.25) is 0 Å². The molecule has 0 aromatic carbocycles. The second-order valence-electron chi connectivity index (χ2n) is 4.70. The van der Waals surface area contributed by atoms with Gasteiger partial charge < -0.3 is 14.9 Å². The van der Waals surface area contributed by atoms with Crippen molar-refractivity contribution in [2.24, 2.45) is 21.1 Å². The number of H-pyrrole nitrogens is 1. The number of aryl methyl sites for hydroxylation is 2. The molecule has 0 bridgehead atoms. The van der Waals surface area contributed by atoms with Gasteiger partial charge in [0, 0.05) is 21.1 Å². The molecule has 3 aromatic heterocycles. The van der Waals surface area contributed by atoms with Crippen LogP contribution < -0.4 is 16.6 Å². The van der Waals surface area contributed by atoms with Gasteiger partial charge in [-0.3, -0.25) is 13.9 Å². The third kappa shape index (κ3) is 2.00. The molecule has 3 rings (SSSR count). The summed E-state index contributed by atoms with van der Waals surface area (Å²) in [6.07, 6.45) is 1.59. The molecule has 0 aliphatic carbocycles. The number of nitrogens with one attached hydrogen (secondary N) is 2. The predicted octanol–water partition coefficient (Wildman–Crippen LogP) is -1.30. The lowest BCUT2D eigenvalue weighted by Gasteiger charge is -2.01. The van der Waals surface area contributed by atoms with Crippen molar-refractivity contribution in [1.29, 1.82) is 0 Å². The molecule has 0 aliphatic rings. The number of anilines is 1. The van der Waals surface area contributed by atoms with E-state index in [1.807, 2.05) is 7.05 Å². The van der Waals surface area contributed by atoms with E-state index in [0.29, 0.717) is 18.1 Å². The van der Waals surface area contributed by atoms with Crippen molar-refractivity contribution in [2.75, 3.05) is 5.32 Å². The molecule has 2 N–H and O–H groups in total. The highest BCUT2D eigenvalue weighted by Crippen LogP contribution is 2.09. The van der Waals surface area contributed by atoms with Gasteiger partial charge in [0.2, 0.25) is 5.95 Å². The molecule has 0 unspecified atom stereocenters. The Bertz CT molecular complexity index is 928. The molecule has 0 radical (unpaired) electrons. The van der Waals surface area contributed by atoms with Crippen molar-refractivity contribution in [2.45, 2.75) is 6.54 Å². The molecule has 0 amide bonds. The number of hydrogen-bond acceptors (Lipinski definition) is 6. The van der Waals surface area contributed by atoms with Crippen molar-refractivity contribution >= 4 is 17.1 Å². The van der Waals surface area contributed by atoms with Gasteiger partial charge in [-0.25, -0.2) is 4.79 Å². The van der Waals surface area contributed by atoms with E-state index in [1.165, 1.54) is 11.6 Å². The third-order valence-electron chi connectivity index (χ3n) is 3.31. The molecule has 0 saturated carbocycles. The summed E-state index contributed by atoms with van der Waals surface area (Å²) in [4.78, 5) is 31.0. The maximum Gasteiger partial charge on any atom is 0.332 e. The quantitative estimate of drug-likeness (QED) is 0.619. The largest absolute Gasteiger partial charge is 0.348 e. The Balaban J connectivity index is 2.00. The minimum absolute atomic E-state index is 0.278. The van der Waals surface area contributed by atoms with Crippen LogP contribution in [0.1, 0.15) is 5.82 Å². The van der Waals surface area contributed by atoms with Crippen molar-refractivity contribution in [3.05, 3.63) is 33.0 Å². The van der Waals surface area contributed by atoms with E-state index in [4.69, 9.17) is 0 Å². The Morgan fingerprint density at radius 1 is 1.24 bits per heavy atom. The third-order valence-corrected chi connectivity index (χ3v) is 3.31. The lowest BCUT2D eigenvalue weighted by molar-refractivity contribution is 0.709. The molecule has 10 nitrogen and oxygen atoms in total. The molecule has 110 valence electrons. The first-order valence-electron chi connectivity index (χ1n) is 6.21. The molecule has 3 heterocycles. The number of nitrogens with zero attached hydrogens (tertiary/aromatic N) is 6. The number of hydrogen-bond donors (Lipinski definition) is 2. The second kappa shape index (κ2) is 4.58. The molecule has 0 saturated heterocycles. The summed E-state index contributed by atoms with van der Waals surface area (Å²) in [5.41, 5.74) is -0.241. The van der Waals surface area contributed by atoms with Gasteiger partial charge in [-0.2, -0.15) is 4.98 Å². The first-order valence-corrected chi connectivity index (χ1v) is 6.21. The normalized spacial score (nSPS) is 11.2. The smallest absolute Gasteiger partial charge is 0.332 e. The van der Waals surface area contributed by atoms with E-state index >= 15 is 0 Å². The van der Waals surface area contributed by atoms with Crippen LogP contribution in [0.4, 0.5) is 5.95 Å². The number of aromatic amines is 1. The fourth-order valence-corrected chi connectivity index (χ4v) is 2.04. The zero-order valence-electron chi connectivity index (χ0n) is 11.8. The summed E-state index contributed by atoms with van der Waals surface area (Å²) in [5.74, 6) is 1.11. The summed E-state index contributed by atoms with van der Waals surface area (Å²) < 4.78 is 4.12. The van der Waals surface area contributed by atoms with E-state index in [1.54, 1.807) is 17.9 Å². The summed E-state index contributed by atoms with van der Waals surface area (Å²) in [6, 6.07) is 0. The van der Waals surface area contributed by atoms with Gasteiger partial charge in [0.1, 0.15) is 6.33 Å². The average molecular weight is 290 g/mol. The molecule has 10 heteroatoms. The van der Waals surface area contributed by atoms with Crippen LogP contribution in [0, 0.1) is 0 Å². The van der Waals surface area contributed by atoms with Gasteiger partial charge in [-0.15, -0.1) is 10.2 Å². The lowest BCUT2D eigenvalue weighted by Crippen LogP contribution is -2.36. The van der Waals surface area contributed by atoms with E-state index in [9.17, 15) is 9.59 Å². The number of imidazole rings is 1. The highest BCUT2D eigenvalue weighted by atomic mass is 16.2. The standard InChI is InChI=1S/C11H14N8O2/c1-17-5-13-16-6(17)4-12-10-14-7-8(15-10)18(2)11(21)19(3)9(7)20/h5H,4H2,1-3H3,(H2,12,14,15). The van der Waals surface area contributed by atoms with Crippen LogP contribution in [0.15, 0.2) is 15.9 Å². The topological polar surface area (TPSA) is 115 Å². The van der Waals surface area contributed by atoms with Crippen molar-refractivity contribution < 1.29 is 0 Å². The maximum atomic E-state index is 12.0. The van der Waals surface area contributed by atoms with Crippen molar-refractivity contribution in [3.8, 4) is 0 Å². The minimum atomic E-state index is -0.418. The van der Waals surface area contributed by atoms with E-state index in [0.717, 1.165) is 10.4 Å². The van der Waals surface area contributed by atoms with Gasteiger partial charge in [0.05, 0.1) is 6.54 Å². The molecule has 0 atom stereocenters. The summed E-state index contributed by atoms with van der Waals surface area (Å²) in [6.45, 7) is 0.393.